The molecule has 1 rings (SSSR count). The molecule has 1 aliphatic carbocycles. The van der Waals surface area contributed by atoms with Crippen LogP contribution in [-0.2, 0) is 4.79 Å². The Kier molecular flexibility index (Phi) is 4.71. The molecule has 2 nitrogen and oxygen atoms in total. The van der Waals surface area contributed by atoms with Crippen LogP contribution >= 0.6 is 0 Å². The van der Waals surface area contributed by atoms with Crippen molar-refractivity contribution in [2.24, 2.45) is 11.8 Å². The third-order valence-electron chi connectivity index (χ3n) is 3.22. The second-order valence-electron chi connectivity index (χ2n) is 4.28. The highest BCUT2D eigenvalue weighted by Crippen LogP contribution is 2.31. The quantitative estimate of drug-likeness (QED) is 0.541. The highest BCUT2D eigenvalue weighted by Gasteiger charge is 2.25. The fraction of sp³-hybridized carbons (Fsp3) is 0.750. The van der Waals surface area contributed by atoms with Gasteiger partial charge in [0.15, 0.2) is 0 Å². The van der Waals surface area contributed by atoms with E-state index < -0.39 is 5.97 Å². The van der Waals surface area contributed by atoms with E-state index in [1.165, 1.54) is 12.8 Å². The van der Waals surface area contributed by atoms with E-state index in [1.807, 2.05) is 6.08 Å². The van der Waals surface area contributed by atoms with Crippen molar-refractivity contribution in [3.63, 3.8) is 0 Å². The SMILES string of the molecule is C=CCCCC1CCC(C(=O)O)CC1. The van der Waals surface area contributed by atoms with Crippen LogP contribution in [-0.4, -0.2) is 11.1 Å². The zero-order chi connectivity index (χ0) is 10.4. The topological polar surface area (TPSA) is 37.3 Å². The number of carbonyl (C=O) groups is 1. The average Bonchev–Trinajstić information content (AvgIpc) is 2.19. The summed E-state index contributed by atoms with van der Waals surface area (Å²) in [6, 6.07) is 0. The molecule has 0 bridgehead atoms. The Hall–Kier alpha value is -0.790. The molecule has 0 aliphatic heterocycles. The average molecular weight is 196 g/mol. The van der Waals surface area contributed by atoms with Crippen LogP contribution in [0.1, 0.15) is 44.9 Å². The Morgan fingerprint density at radius 2 is 2.00 bits per heavy atom. The molecule has 0 aromatic heterocycles. The molecule has 14 heavy (non-hydrogen) atoms. The molecule has 80 valence electrons. The molecular weight excluding hydrogens is 176 g/mol. The van der Waals surface area contributed by atoms with Gasteiger partial charge < -0.3 is 5.11 Å². The van der Waals surface area contributed by atoms with Gasteiger partial charge in [-0.25, -0.2) is 0 Å². The highest BCUT2D eigenvalue weighted by atomic mass is 16.4. The van der Waals surface area contributed by atoms with Crippen LogP contribution in [0.5, 0.6) is 0 Å². The third-order valence-corrected chi connectivity index (χ3v) is 3.22. The zero-order valence-corrected chi connectivity index (χ0v) is 8.74. The molecule has 0 spiro atoms. The van der Waals surface area contributed by atoms with Crippen LogP contribution in [0, 0.1) is 11.8 Å². The first kappa shape index (κ1) is 11.3. The van der Waals surface area contributed by atoms with Gasteiger partial charge in [0.25, 0.3) is 0 Å². The van der Waals surface area contributed by atoms with Gasteiger partial charge in [0.05, 0.1) is 5.92 Å². The van der Waals surface area contributed by atoms with Gasteiger partial charge in [-0.05, 0) is 44.4 Å². The number of carboxylic acids is 1. The fourth-order valence-corrected chi connectivity index (χ4v) is 2.25. The smallest absolute Gasteiger partial charge is 0.306 e. The van der Waals surface area contributed by atoms with Crippen LogP contribution in [0.2, 0.25) is 0 Å². The standard InChI is InChI=1S/C12H20O2/c1-2-3-4-5-10-6-8-11(9-7-10)12(13)14/h2,10-11H,1,3-9H2,(H,13,14). The van der Waals surface area contributed by atoms with Crippen LogP contribution in [0.4, 0.5) is 0 Å². The van der Waals surface area contributed by atoms with E-state index >= 15 is 0 Å². The fourth-order valence-electron chi connectivity index (χ4n) is 2.25. The summed E-state index contributed by atoms with van der Waals surface area (Å²) in [5, 5.41) is 8.83. The van der Waals surface area contributed by atoms with Crippen molar-refractivity contribution >= 4 is 5.97 Å². The first-order valence-electron chi connectivity index (χ1n) is 5.57. The van der Waals surface area contributed by atoms with Gasteiger partial charge in [0, 0.05) is 0 Å². The van der Waals surface area contributed by atoms with E-state index in [4.69, 9.17) is 5.11 Å². The molecule has 0 radical (unpaired) electrons. The number of unbranched alkanes of at least 4 members (excludes halogenated alkanes) is 1. The highest BCUT2D eigenvalue weighted by molar-refractivity contribution is 5.69. The van der Waals surface area contributed by atoms with Crippen LogP contribution < -0.4 is 0 Å². The number of hydrogen-bond donors (Lipinski definition) is 1. The lowest BCUT2D eigenvalue weighted by Crippen LogP contribution is -2.21. The van der Waals surface area contributed by atoms with E-state index in [0.717, 1.165) is 38.0 Å². The molecular formula is C12H20O2. The molecule has 0 heterocycles. The second-order valence-corrected chi connectivity index (χ2v) is 4.28. The number of allylic oxidation sites excluding steroid dienone is 1. The maximum Gasteiger partial charge on any atom is 0.306 e. The van der Waals surface area contributed by atoms with Crippen LogP contribution in [0.15, 0.2) is 12.7 Å². The number of rotatable bonds is 5. The minimum atomic E-state index is -0.602. The first-order chi connectivity index (χ1) is 6.74. The monoisotopic (exact) mass is 196 g/mol. The molecule has 0 atom stereocenters. The number of hydrogen-bond acceptors (Lipinski definition) is 1. The number of aliphatic carboxylic acids is 1. The molecule has 1 saturated carbocycles. The van der Waals surface area contributed by atoms with Gasteiger partial charge in [-0.1, -0.05) is 12.5 Å². The summed E-state index contributed by atoms with van der Waals surface area (Å²) < 4.78 is 0. The van der Waals surface area contributed by atoms with E-state index in [2.05, 4.69) is 6.58 Å². The molecule has 2 heteroatoms. The van der Waals surface area contributed by atoms with Crippen molar-refractivity contribution in [2.45, 2.75) is 44.9 Å². The molecule has 0 amide bonds. The summed E-state index contributed by atoms with van der Waals surface area (Å²) in [7, 11) is 0. The van der Waals surface area contributed by atoms with Crippen molar-refractivity contribution in [2.75, 3.05) is 0 Å². The summed E-state index contributed by atoms with van der Waals surface area (Å²) in [4.78, 5) is 10.7. The van der Waals surface area contributed by atoms with Crippen LogP contribution in [0.3, 0.4) is 0 Å². The summed E-state index contributed by atoms with van der Waals surface area (Å²) in [6.45, 7) is 3.70. The summed E-state index contributed by atoms with van der Waals surface area (Å²) in [5.41, 5.74) is 0. The van der Waals surface area contributed by atoms with Gasteiger partial charge in [-0.15, -0.1) is 6.58 Å². The summed E-state index contributed by atoms with van der Waals surface area (Å²) >= 11 is 0. The normalized spacial score (nSPS) is 27.1. The molecule has 0 aromatic carbocycles. The Bertz CT molecular complexity index is 190. The Morgan fingerprint density at radius 1 is 1.36 bits per heavy atom. The largest absolute Gasteiger partial charge is 0.481 e. The minimum absolute atomic E-state index is 0.0642. The maximum absolute atomic E-state index is 10.7. The molecule has 0 unspecified atom stereocenters. The lowest BCUT2D eigenvalue weighted by atomic mass is 9.80. The maximum atomic E-state index is 10.7. The van der Waals surface area contributed by atoms with Crippen LogP contribution in [0.25, 0.3) is 0 Å². The van der Waals surface area contributed by atoms with Gasteiger partial charge in [-0.2, -0.15) is 0 Å². The van der Waals surface area contributed by atoms with Crippen molar-refractivity contribution in [3.8, 4) is 0 Å². The predicted molar refractivity (Wildman–Crippen MR) is 57.1 cm³/mol. The van der Waals surface area contributed by atoms with Gasteiger partial charge in [-0.3, -0.25) is 4.79 Å². The molecule has 1 fully saturated rings. The van der Waals surface area contributed by atoms with E-state index in [-0.39, 0.29) is 5.92 Å². The van der Waals surface area contributed by atoms with Crippen molar-refractivity contribution in [1.82, 2.24) is 0 Å². The zero-order valence-electron chi connectivity index (χ0n) is 8.74. The third kappa shape index (κ3) is 3.52. The minimum Gasteiger partial charge on any atom is -0.481 e. The van der Waals surface area contributed by atoms with E-state index in [0.29, 0.717) is 0 Å². The van der Waals surface area contributed by atoms with Gasteiger partial charge in [0.2, 0.25) is 0 Å². The Balaban J connectivity index is 2.15. The van der Waals surface area contributed by atoms with Crippen molar-refractivity contribution < 1.29 is 9.90 Å². The lowest BCUT2D eigenvalue weighted by Gasteiger charge is -2.25. The first-order valence-corrected chi connectivity index (χ1v) is 5.57. The van der Waals surface area contributed by atoms with Gasteiger partial charge in [0.1, 0.15) is 0 Å². The van der Waals surface area contributed by atoms with E-state index in [9.17, 15) is 4.79 Å². The second kappa shape index (κ2) is 5.84. The van der Waals surface area contributed by atoms with E-state index in [1.54, 1.807) is 0 Å². The Morgan fingerprint density at radius 3 is 2.50 bits per heavy atom. The van der Waals surface area contributed by atoms with Crippen molar-refractivity contribution in [1.29, 1.82) is 0 Å². The molecule has 1 N–H and O–H groups in total. The summed E-state index contributed by atoms with van der Waals surface area (Å²) in [6.07, 6.45) is 9.50. The summed E-state index contributed by atoms with van der Waals surface area (Å²) in [5.74, 6) is 0.103. The molecule has 1 aliphatic rings. The lowest BCUT2D eigenvalue weighted by molar-refractivity contribution is -0.143. The van der Waals surface area contributed by atoms with Gasteiger partial charge >= 0.3 is 5.97 Å². The Labute approximate surface area is 86.0 Å². The van der Waals surface area contributed by atoms with Crippen molar-refractivity contribution in [3.05, 3.63) is 12.7 Å². The predicted octanol–water partition coefficient (Wildman–Crippen LogP) is 3.23. The molecule has 0 aromatic rings. The number of carboxylic acid groups (broad SMARTS) is 1. The molecule has 0 saturated heterocycles.